The van der Waals surface area contributed by atoms with Gasteiger partial charge < -0.3 is 15.2 Å². The quantitative estimate of drug-likeness (QED) is 0.850. The number of piperidine rings is 1. The number of nitrogens with zero attached hydrogens (tertiary/aromatic N) is 2. The number of hydrogen-bond donors (Lipinski definition) is 2. The number of anilines is 1. The molecule has 0 aliphatic carbocycles. The van der Waals surface area contributed by atoms with Crippen molar-refractivity contribution in [2.24, 2.45) is 0 Å². The number of likely N-dealkylation sites (tertiary alicyclic amines) is 1. The molecule has 2 aliphatic rings. The Morgan fingerprint density at radius 3 is 2.78 bits per heavy atom. The van der Waals surface area contributed by atoms with E-state index in [9.17, 15) is 14.4 Å². The third kappa shape index (κ3) is 2.74. The molecule has 4 rings (SSSR count). The summed E-state index contributed by atoms with van der Waals surface area (Å²) in [6, 6.07) is 7.60. The first-order valence-electron chi connectivity index (χ1n) is 9.22. The van der Waals surface area contributed by atoms with Gasteiger partial charge in [-0.1, -0.05) is 32.0 Å². The minimum atomic E-state index is -0.747. The Bertz CT molecular complexity index is 981. The van der Waals surface area contributed by atoms with Gasteiger partial charge in [0.15, 0.2) is 0 Å². The number of aromatic nitrogens is 2. The summed E-state index contributed by atoms with van der Waals surface area (Å²) < 4.78 is 0. The smallest absolute Gasteiger partial charge is 0.263 e. The number of carbonyl (C=O) groups excluding carboxylic acids is 2. The summed E-state index contributed by atoms with van der Waals surface area (Å²) in [5, 5.41) is 2.93. The Kier molecular flexibility index (Phi) is 4.09. The van der Waals surface area contributed by atoms with Gasteiger partial charge in [-0.2, -0.15) is 0 Å². The van der Waals surface area contributed by atoms with Crippen molar-refractivity contribution in [2.75, 3.05) is 18.4 Å². The summed E-state index contributed by atoms with van der Waals surface area (Å²) in [7, 11) is 0. The highest BCUT2D eigenvalue weighted by Gasteiger charge is 2.50. The fraction of sp³-hybridized carbons (Fsp3) is 0.400. The molecule has 140 valence electrons. The Hall–Kier alpha value is -2.96. The fourth-order valence-corrected chi connectivity index (χ4v) is 4.03. The number of nitrogens with one attached hydrogen (secondary N) is 2. The second-order valence-corrected chi connectivity index (χ2v) is 7.58. The van der Waals surface area contributed by atoms with Crippen LogP contribution in [0.5, 0.6) is 0 Å². The molecule has 2 N–H and O–H groups in total. The van der Waals surface area contributed by atoms with Gasteiger partial charge >= 0.3 is 0 Å². The second-order valence-electron chi connectivity index (χ2n) is 7.58. The molecule has 1 spiro atoms. The number of hydrogen-bond acceptors (Lipinski definition) is 4. The molecular weight excluding hydrogens is 344 g/mol. The zero-order valence-electron chi connectivity index (χ0n) is 15.4. The van der Waals surface area contributed by atoms with E-state index in [-0.39, 0.29) is 29.8 Å². The summed E-state index contributed by atoms with van der Waals surface area (Å²) in [5.74, 6) is 0.160. The molecule has 7 heteroatoms. The summed E-state index contributed by atoms with van der Waals surface area (Å²) in [4.78, 5) is 46.6. The maximum absolute atomic E-state index is 13.0. The van der Waals surface area contributed by atoms with Gasteiger partial charge in [0.1, 0.15) is 11.4 Å². The molecule has 0 saturated carbocycles. The van der Waals surface area contributed by atoms with Gasteiger partial charge in [-0.3, -0.25) is 14.4 Å². The lowest BCUT2D eigenvalue weighted by Gasteiger charge is -2.39. The van der Waals surface area contributed by atoms with Crippen LogP contribution in [0.3, 0.4) is 0 Å². The lowest BCUT2D eigenvalue weighted by Crippen LogP contribution is -2.52. The molecule has 1 atom stereocenters. The number of para-hydroxylation sites is 1. The maximum Gasteiger partial charge on any atom is 0.263 e. The van der Waals surface area contributed by atoms with Crippen LogP contribution in [0.1, 0.15) is 54.4 Å². The van der Waals surface area contributed by atoms with Crippen LogP contribution in [0.2, 0.25) is 0 Å². The average Bonchev–Trinajstić information content (AvgIpc) is 2.92. The first-order chi connectivity index (χ1) is 12.9. The molecule has 7 nitrogen and oxygen atoms in total. The van der Waals surface area contributed by atoms with Crippen LogP contribution in [0.15, 0.2) is 35.3 Å². The Morgan fingerprint density at radius 1 is 1.26 bits per heavy atom. The Balaban J connectivity index is 1.65. The largest absolute Gasteiger partial charge is 0.337 e. The number of benzene rings is 1. The van der Waals surface area contributed by atoms with Crippen LogP contribution in [0, 0.1) is 0 Å². The molecule has 1 fully saturated rings. The van der Waals surface area contributed by atoms with Crippen molar-refractivity contribution in [1.82, 2.24) is 14.9 Å². The predicted octanol–water partition coefficient (Wildman–Crippen LogP) is 2.02. The molecule has 0 unspecified atom stereocenters. The molecule has 0 bridgehead atoms. The van der Waals surface area contributed by atoms with E-state index in [0.29, 0.717) is 25.2 Å². The van der Waals surface area contributed by atoms with E-state index < -0.39 is 11.0 Å². The van der Waals surface area contributed by atoms with Crippen molar-refractivity contribution in [1.29, 1.82) is 0 Å². The number of fused-ring (bicyclic) bond motifs is 2. The molecule has 0 radical (unpaired) electrons. The van der Waals surface area contributed by atoms with Crippen molar-refractivity contribution in [3.8, 4) is 0 Å². The zero-order chi connectivity index (χ0) is 19.2. The van der Waals surface area contributed by atoms with Gasteiger partial charge in [0.05, 0.1) is 5.41 Å². The lowest BCUT2D eigenvalue weighted by molar-refractivity contribution is -0.122. The highest BCUT2D eigenvalue weighted by Crippen LogP contribution is 2.43. The van der Waals surface area contributed by atoms with E-state index in [1.807, 2.05) is 38.1 Å². The Morgan fingerprint density at radius 2 is 2.04 bits per heavy atom. The topological polar surface area (TPSA) is 95.2 Å². The number of rotatable bonds is 2. The van der Waals surface area contributed by atoms with Gasteiger partial charge in [-0.25, -0.2) is 4.98 Å². The molecule has 1 saturated heterocycles. The minimum Gasteiger partial charge on any atom is -0.337 e. The van der Waals surface area contributed by atoms with Gasteiger partial charge in [-0.05, 0) is 24.5 Å². The van der Waals surface area contributed by atoms with Gasteiger partial charge in [0.25, 0.3) is 11.5 Å². The van der Waals surface area contributed by atoms with Crippen LogP contribution >= 0.6 is 0 Å². The maximum atomic E-state index is 13.0. The molecule has 2 amide bonds. The number of amides is 2. The van der Waals surface area contributed by atoms with Crippen molar-refractivity contribution < 1.29 is 9.59 Å². The first-order valence-corrected chi connectivity index (χ1v) is 9.22. The van der Waals surface area contributed by atoms with Crippen LogP contribution in [0.25, 0.3) is 0 Å². The molecule has 3 heterocycles. The molecule has 1 aromatic carbocycles. The highest BCUT2D eigenvalue weighted by molar-refractivity contribution is 6.07. The van der Waals surface area contributed by atoms with E-state index >= 15 is 0 Å². The number of H-pyrrole nitrogens is 1. The fourth-order valence-electron chi connectivity index (χ4n) is 4.03. The molecule has 2 aromatic rings. The van der Waals surface area contributed by atoms with Crippen molar-refractivity contribution in [3.05, 3.63) is 57.8 Å². The lowest BCUT2D eigenvalue weighted by atomic mass is 9.75. The summed E-state index contributed by atoms with van der Waals surface area (Å²) in [6.07, 6.45) is 2.73. The second kappa shape index (κ2) is 6.33. The summed E-state index contributed by atoms with van der Waals surface area (Å²) >= 11 is 0. The Labute approximate surface area is 156 Å². The number of carbonyl (C=O) groups is 2. The third-order valence-corrected chi connectivity index (χ3v) is 5.50. The van der Waals surface area contributed by atoms with Crippen LogP contribution in [-0.2, 0) is 10.2 Å². The van der Waals surface area contributed by atoms with Crippen LogP contribution in [-0.4, -0.2) is 39.8 Å². The van der Waals surface area contributed by atoms with E-state index in [1.165, 1.54) is 6.20 Å². The van der Waals surface area contributed by atoms with E-state index in [0.717, 1.165) is 11.3 Å². The normalized spacial score (nSPS) is 21.4. The van der Waals surface area contributed by atoms with Gasteiger partial charge in [0, 0.05) is 30.9 Å². The van der Waals surface area contributed by atoms with E-state index in [2.05, 4.69) is 15.3 Å². The highest BCUT2D eigenvalue weighted by atomic mass is 16.2. The van der Waals surface area contributed by atoms with Crippen LogP contribution in [0.4, 0.5) is 5.69 Å². The minimum absolute atomic E-state index is 0.0168. The zero-order valence-corrected chi connectivity index (χ0v) is 15.4. The number of aromatic amines is 1. The predicted molar refractivity (Wildman–Crippen MR) is 101 cm³/mol. The molecular formula is C20H22N4O3. The van der Waals surface area contributed by atoms with Crippen molar-refractivity contribution in [3.63, 3.8) is 0 Å². The summed E-state index contributed by atoms with van der Waals surface area (Å²) in [6.45, 7) is 4.62. The van der Waals surface area contributed by atoms with Gasteiger partial charge in [-0.15, -0.1) is 0 Å². The first kappa shape index (κ1) is 17.5. The van der Waals surface area contributed by atoms with Crippen molar-refractivity contribution >= 4 is 17.5 Å². The molecule has 2 aliphatic heterocycles. The third-order valence-electron chi connectivity index (χ3n) is 5.50. The average molecular weight is 366 g/mol. The van der Waals surface area contributed by atoms with Crippen LogP contribution < -0.4 is 10.9 Å². The monoisotopic (exact) mass is 366 g/mol. The SMILES string of the molecule is CC(C)c1ncc(C(=O)N2CCC[C@]3(C2)C(=O)Nc2ccccc23)c(=O)[nH]1. The van der Waals surface area contributed by atoms with Gasteiger partial charge in [0.2, 0.25) is 5.91 Å². The molecule has 27 heavy (non-hydrogen) atoms. The summed E-state index contributed by atoms with van der Waals surface area (Å²) in [5.41, 5.74) is 0.563. The van der Waals surface area contributed by atoms with Crippen molar-refractivity contribution in [2.45, 2.75) is 38.0 Å². The standard InChI is InChI=1S/C20H22N4O3/c1-12(2)16-21-10-13(17(25)23-16)18(26)24-9-5-8-20(11-24)14-6-3-4-7-15(14)22-19(20)27/h3-4,6-7,10,12H,5,8-9,11H2,1-2H3,(H,22,27)(H,21,23,25)/t20-/m1/s1. The molecule has 1 aromatic heterocycles. The van der Waals surface area contributed by atoms with E-state index in [4.69, 9.17) is 0 Å². The van der Waals surface area contributed by atoms with E-state index in [1.54, 1.807) is 4.90 Å².